The zero-order chi connectivity index (χ0) is 20.4. The van der Waals surface area contributed by atoms with Crippen molar-refractivity contribution >= 4 is 27.5 Å². The Labute approximate surface area is 174 Å². The molecule has 0 atom stereocenters. The van der Waals surface area contributed by atoms with E-state index in [1.54, 1.807) is 0 Å². The molecule has 1 fully saturated rings. The van der Waals surface area contributed by atoms with E-state index >= 15 is 0 Å². The minimum Gasteiger partial charge on any atom is -0.347 e. The predicted octanol–water partition coefficient (Wildman–Crippen LogP) is 3.52. The summed E-state index contributed by atoms with van der Waals surface area (Å²) in [7, 11) is 0. The van der Waals surface area contributed by atoms with Crippen LogP contribution in [0, 0.1) is 13.8 Å². The van der Waals surface area contributed by atoms with Gasteiger partial charge in [0.05, 0.1) is 16.8 Å². The van der Waals surface area contributed by atoms with E-state index < -0.39 is 0 Å². The van der Waals surface area contributed by atoms with Gasteiger partial charge < -0.3 is 10.3 Å². The van der Waals surface area contributed by atoms with E-state index in [2.05, 4.69) is 20.2 Å². The third kappa shape index (κ3) is 4.41. The lowest BCUT2D eigenvalue weighted by molar-refractivity contribution is 0.0954. The number of aromatic nitrogens is 2. The third-order valence-corrected chi connectivity index (χ3v) is 6.64. The number of fused-ring (bicyclic) bond motifs is 1. The Balaban J connectivity index is 1.54. The lowest BCUT2D eigenvalue weighted by Gasteiger charge is -2.25. The minimum absolute atomic E-state index is 0.159. The first-order valence-electron chi connectivity index (χ1n) is 10.1. The molecule has 0 saturated carbocycles. The molecule has 1 aromatic carbocycles. The molecule has 3 aromatic rings. The van der Waals surface area contributed by atoms with Crippen LogP contribution in [0.3, 0.4) is 0 Å². The second-order valence-electron chi connectivity index (χ2n) is 7.75. The van der Waals surface area contributed by atoms with Crippen LogP contribution in [0.5, 0.6) is 0 Å². The van der Waals surface area contributed by atoms with E-state index in [-0.39, 0.29) is 11.5 Å². The van der Waals surface area contributed by atoms with Crippen molar-refractivity contribution < 1.29 is 4.79 Å². The van der Waals surface area contributed by atoms with Crippen molar-refractivity contribution in [1.29, 1.82) is 0 Å². The highest BCUT2D eigenvalue weighted by Gasteiger charge is 2.20. The van der Waals surface area contributed by atoms with Crippen molar-refractivity contribution in [2.75, 3.05) is 13.1 Å². The molecule has 2 aromatic heterocycles. The maximum atomic E-state index is 12.7. The van der Waals surface area contributed by atoms with Gasteiger partial charge >= 0.3 is 0 Å². The Kier molecular flexibility index (Phi) is 5.78. The average molecular weight is 411 g/mol. The number of nitrogens with zero attached hydrogens (tertiary/aromatic N) is 2. The number of hydrogen-bond acceptors (Lipinski definition) is 5. The number of benzene rings is 1. The van der Waals surface area contributed by atoms with Crippen LogP contribution in [-0.4, -0.2) is 33.9 Å². The normalized spacial score (nSPS) is 15.0. The minimum atomic E-state index is -0.164. The number of carbonyl (C=O) groups is 1. The van der Waals surface area contributed by atoms with Crippen LogP contribution < -0.4 is 10.9 Å². The van der Waals surface area contributed by atoms with Gasteiger partial charge in [-0.05, 0) is 50.9 Å². The second kappa shape index (κ2) is 8.47. The van der Waals surface area contributed by atoms with Gasteiger partial charge in [0.1, 0.15) is 10.7 Å². The fraction of sp³-hybridized carbons (Fsp3) is 0.409. The molecule has 0 spiro atoms. The van der Waals surface area contributed by atoms with Crippen molar-refractivity contribution in [2.24, 2.45) is 0 Å². The van der Waals surface area contributed by atoms with E-state index in [4.69, 9.17) is 0 Å². The summed E-state index contributed by atoms with van der Waals surface area (Å²) in [5.41, 5.74) is 2.77. The molecule has 6 nitrogen and oxygen atoms in total. The summed E-state index contributed by atoms with van der Waals surface area (Å²) in [5, 5.41) is 3.49. The first-order valence-corrected chi connectivity index (χ1v) is 10.9. The van der Waals surface area contributed by atoms with Crippen LogP contribution in [0.1, 0.15) is 51.4 Å². The highest BCUT2D eigenvalue weighted by molar-refractivity contribution is 7.20. The van der Waals surface area contributed by atoms with Gasteiger partial charge in [0, 0.05) is 6.54 Å². The number of aromatic amines is 1. The Hall–Kier alpha value is -2.51. The lowest BCUT2D eigenvalue weighted by atomic mass is 10.1. The van der Waals surface area contributed by atoms with Crippen LogP contribution in [0.4, 0.5) is 0 Å². The summed E-state index contributed by atoms with van der Waals surface area (Å²) in [6.07, 6.45) is 3.65. The molecule has 1 saturated heterocycles. The Bertz CT molecular complexity index is 1080. The number of nitrogens with one attached hydrogen (secondary N) is 2. The smallest absolute Gasteiger partial charge is 0.261 e. The number of carbonyl (C=O) groups excluding carboxylic acids is 1. The molecule has 0 bridgehead atoms. The molecule has 0 radical (unpaired) electrons. The number of rotatable bonds is 5. The first-order chi connectivity index (χ1) is 14.0. The van der Waals surface area contributed by atoms with E-state index in [0.717, 1.165) is 18.7 Å². The van der Waals surface area contributed by atoms with Gasteiger partial charge in [-0.25, -0.2) is 4.98 Å². The molecule has 29 heavy (non-hydrogen) atoms. The summed E-state index contributed by atoms with van der Waals surface area (Å²) < 4.78 is 0. The van der Waals surface area contributed by atoms with Crippen LogP contribution in [0.15, 0.2) is 29.1 Å². The van der Waals surface area contributed by atoms with Crippen LogP contribution in [0.2, 0.25) is 0 Å². The Morgan fingerprint density at radius 1 is 1.17 bits per heavy atom. The molecule has 3 heterocycles. The van der Waals surface area contributed by atoms with Crippen molar-refractivity contribution in [2.45, 2.75) is 46.2 Å². The number of amides is 1. The van der Waals surface area contributed by atoms with Crippen LogP contribution in [0.25, 0.3) is 10.2 Å². The number of piperidine rings is 1. The number of hydrogen-bond donors (Lipinski definition) is 2. The zero-order valence-corrected chi connectivity index (χ0v) is 17.7. The van der Waals surface area contributed by atoms with Gasteiger partial charge in [-0.2, -0.15) is 0 Å². The molecule has 0 unspecified atom stereocenters. The highest BCUT2D eigenvalue weighted by Crippen LogP contribution is 2.27. The van der Waals surface area contributed by atoms with Crippen molar-refractivity contribution in [1.82, 2.24) is 20.2 Å². The molecular formula is C22H26N4O2S. The summed E-state index contributed by atoms with van der Waals surface area (Å²) in [4.78, 5) is 36.5. The molecule has 2 N–H and O–H groups in total. The van der Waals surface area contributed by atoms with E-state index in [1.165, 1.54) is 36.2 Å². The zero-order valence-electron chi connectivity index (χ0n) is 16.9. The average Bonchev–Trinajstić information content (AvgIpc) is 3.05. The van der Waals surface area contributed by atoms with Gasteiger partial charge in [-0.15, -0.1) is 11.3 Å². The number of aryl methyl sites for hydroxylation is 2. The SMILES string of the molecule is Cc1ccc(CNC(=O)c2sc3nc(CN4CCCCC4)[nH]c(=O)c3c2C)cc1. The quantitative estimate of drug-likeness (QED) is 0.675. The second-order valence-corrected chi connectivity index (χ2v) is 8.75. The summed E-state index contributed by atoms with van der Waals surface area (Å²) in [6, 6.07) is 8.07. The molecule has 1 aliphatic heterocycles. The summed E-state index contributed by atoms with van der Waals surface area (Å²) in [5.74, 6) is 0.514. The monoisotopic (exact) mass is 410 g/mol. The Morgan fingerprint density at radius 3 is 2.62 bits per heavy atom. The fourth-order valence-corrected chi connectivity index (χ4v) is 4.89. The van der Waals surface area contributed by atoms with Crippen molar-refractivity contribution in [3.63, 3.8) is 0 Å². The van der Waals surface area contributed by atoms with Gasteiger partial charge in [0.2, 0.25) is 0 Å². The van der Waals surface area contributed by atoms with Gasteiger partial charge in [0.25, 0.3) is 11.5 Å². The van der Waals surface area contributed by atoms with Crippen LogP contribution in [-0.2, 0) is 13.1 Å². The standard InChI is InChI=1S/C22H26N4O2S/c1-14-6-8-16(9-7-14)12-23-21(28)19-15(2)18-20(27)24-17(25-22(18)29-19)13-26-10-4-3-5-11-26/h6-9H,3-5,10-13H2,1-2H3,(H,23,28)(H,24,25,27). The molecule has 1 aliphatic rings. The molecule has 7 heteroatoms. The molecule has 4 rings (SSSR count). The third-order valence-electron chi connectivity index (χ3n) is 5.45. The van der Waals surface area contributed by atoms with Crippen molar-refractivity contribution in [3.8, 4) is 0 Å². The largest absolute Gasteiger partial charge is 0.347 e. The maximum absolute atomic E-state index is 12.7. The van der Waals surface area contributed by atoms with E-state index in [1.807, 2.05) is 38.1 Å². The van der Waals surface area contributed by atoms with Crippen molar-refractivity contribution in [3.05, 3.63) is 62.0 Å². The van der Waals surface area contributed by atoms with E-state index in [9.17, 15) is 9.59 Å². The molecule has 152 valence electrons. The van der Waals surface area contributed by atoms with Gasteiger partial charge in [-0.3, -0.25) is 14.5 Å². The topological polar surface area (TPSA) is 78.1 Å². The molecule has 1 amide bonds. The lowest BCUT2D eigenvalue weighted by Crippen LogP contribution is -2.30. The molecule has 0 aliphatic carbocycles. The fourth-order valence-electron chi connectivity index (χ4n) is 3.78. The van der Waals surface area contributed by atoms with Gasteiger partial charge in [0.15, 0.2) is 0 Å². The molecular weight excluding hydrogens is 384 g/mol. The van der Waals surface area contributed by atoms with Crippen LogP contribution >= 0.6 is 11.3 Å². The number of thiophene rings is 1. The summed E-state index contributed by atoms with van der Waals surface area (Å²) in [6.45, 7) is 7.04. The van der Waals surface area contributed by atoms with E-state index in [0.29, 0.717) is 39.6 Å². The maximum Gasteiger partial charge on any atom is 0.261 e. The number of H-pyrrole nitrogens is 1. The summed E-state index contributed by atoms with van der Waals surface area (Å²) >= 11 is 1.30. The highest BCUT2D eigenvalue weighted by atomic mass is 32.1. The van der Waals surface area contributed by atoms with Gasteiger partial charge in [-0.1, -0.05) is 36.2 Å². The first kappa shape index (κ1) is 19.8. The number of likely N-dealkylation sites (tertiary alicyclic amines) is 1. The Morgan fingerprint density at radius 2 is 1.90 bits per heavy atom. The predicted molar refractivity (Wildman–Crippen MR) is 116 cm³/mol.